The van der Waals surface area contributed by atoms with Gasteiger partial charge in [-0.15, -0.1) is 0 Å². The number of phosphoric acid groups is 1. The average Bonchev–Trinajstić information content (AvgIpc) is 1.60. The van der Waals surface area contributed by atoms with E-state index in [9.17, 15) is 19.1 Å². The number of hydrogen-bond acceptors (Lipinski definition) is 6. The molecular weight excluding hydrogens is 161 g/mol. The number of hydrogen-bond donors (Lipinski definition) is 1. The Morgan fingerprint density at radius 3 is 2.20 bits per heavy atom. The smallest absolute Gasteiger partial charge is 0.325 e. The van der Waals surface area contributed by atoms with Crippen LogP contribution < -0.4 is 15.5 Å². The first-order valence-electron chi connectivity index (χ1n) is 2.34. The molecule has 6 nitrogen and oxygen atoms in total. The minimum atomic E-state index is -5.21. The zero-order valence-electron chi connectivity index (χ0n) is 5.14. The second-order valence-corrected chi connectivity index (χ2v) is 2.72. The van der Waals surface area contributed by atoms with Gasteiger partial charge in [0.05, 0.1) is 0 Å². The van der Waals surface area contributed by atoms with Crippen LogP contribution >= 0.6 is 7.82 Å². The SMILES string of the molecule is CC(N)C(=O)OP(=O)([O-])[O-]. The molecule has 0 aliphatic carbocycles. The van der Waals surface area contributed by atoms with Gasteiger partial charge in [0.15, 0.2) is 0 Å². The first-order valence-corrected chi connectivity index (χ1v) is 3.80. The van der Waals surface area contributed by atoms with Crippen LogP contribution in [0.2, 0.25) is 0 Å². The fourth-order valence-corrected chi connectivity index (χ4v) is 0.580. The normalized spacial score (nSPS) is 14.4. The van der Waals surface area contributed by atoms with Crippen molar-refractivity contribution >= 4 is 13.8 Å². The van der Waals surface area contributed by atoms with Crippen LogP contribution in [0.25, 0.3) is 0 Å². The summed E-state index contributed by atoms with van der Waals surface area (Å²) in [5, 5.41) is 0. The Morgan fingerprint density at radius 2 is 2.10 bits per heavy atom. The van der Waals surface area contributed by atoms with Crippen molar-refractivity contribution in [1.82, 2.24) is 0 Å². The summed E-state index contributed by atoms with van der Waals surface area (Å²) in [7, 11) is -5.21. The molecule has 10 heavy (non-hydrogen) atoms. The van der Waals surface area contributed by atoms with E-state index >= 15 is 0 Å². The molecule has 1 atom stereocenters. The van der Waals surface area contributed by atoms with Gasteiger partial charge in [0.1, 0.15) is 13.9 Å². The Hall–Kier alpha value is -0.420. The molecule has 0 heterocycles. The van der Waals surface area contributed by atoms with E-state index < -0.39 is 19.8 Å². The molecule has 7 heteroatoms. The monoisotopic (exact) mass is 167 g/mol. The van der Waals surface area contributed by atoms with Gasteiger partial charge in [-0.1, -0.05) is 0 Å². The maximum atomic E-state index is 10.2. The third-order valence-corrected chi connectivity index (χ3v) is 0.977. The molecule has 0 rings (SSSR count). The maximum Gasteiger partial charge on any atom is 0.325 e. The molecule has 0 aliphatic heterocycles. The number of phosphoric ester groups is 1. The van der Waals surface area contributed by atoms with Crippen molar-refractivity contribution in [3.05, 3.63) is 0 Å². The van der Waals surface area contributed by atoms with Crippen molar-refractivity contribution in [1.29, 1.82) is 0 Å². The van der Waals surface area contributed by atoms with Crippen molar-refractivity contribution in [3.8, 4) is 0 Å². The predicted octanol–water partition coefficient (Wildman–Crippen LogP) is -2.29. The lowest BCUT2D eigenvalue weighted by Crippen LogP contribution is -2.31. The van der Waals surface area contributed by atoms with Crippen LogP contribution in [0.15, 0.2) is 0 Å². The van der Waals surface area contributed by atoms with Crippen molar-refractivity contribution in [2.24, 2.45) is 5.73 Å². The van der Waals surface area contributed by atoms with Crippen LogP contribution in [-0.2, 0) is 13.9 Å². The summed E-state index contributed by atoms with van der Waals surface area (Å²) < 4.78 is 13.1. The summed E-state index contributed by atoms with van der Waals surface area (Å²) in [6, 6.07) is -1.10. The van der Waals surface area contributed by atoms with Gasteiger partial charge < -0.3 is 24.6 Å². The lowest BCUT2D eigenvalue weighted by molar-refractivity contribution is -0.337. The van der Waals surface area contributed by atoms with Crippen LogP contribution in [0, 0.1) is 0 Å². The molecule has 0 aromatic heterocycles. The molecule has 0 saturated heterocycles. The number of rotatable bonds is 2. The summed E-state index contributed by atoms with van der Waals surface area (Å²) in [6.07, 6.45) is 0. The van der Waals surface area contributed by atoms with Crippen LogP contribution in [0.3, 0.4) is 0 Å². The predicted molar refractivity (Wildman–Crippen MR) is 27.3 cm³/mol. The standard InChI is InChI=1S/C3H8NO5P/c1-2(4)3(5)9-10(6,7)8/h2H,4H2,1H3,(H2,6,7,8)/p-2. The zero-order chi connectivity index (χ0) is 8.36. The summed E-state index contributed by atoms with van der Waals surface area (Å²) >= 11 is 0. The molecule has 0 fully saturated rings. The molecule has 0 spiro atoms. The zero-order valence-corrected chi connectivity index (χ0v) is 6.04. The summed E-state index contributed by atoms with van der Waals surface area (Å²) in [6.45, 7) is 1.21. The fourth-order valence-electron chi connectivity index (χ4n) is 0.193. The Kier molecular flexibility index (Phi) is 2.98. The highest BCUT2D eigenvalue weighted by atomic mass is 31.2. The minimum absolute atomic E-state index is 1.10. The maximum absolute atomic E-state index is 10.2. The van der Waals surface area contributed by atoms with E-state index in [4.69, 9.17) is 5.73 Å². The quantitative estimate of drug-likeness (QED) is 0.462. The largest absolute Gasteiger partial charge is 0.780 e. The molecule has 0 radical (unpaired) electrons. The average molecular weight is 167 g/mol. The summed E-state index contributed by atoms with van der Waals surface area (Å²) in [5.41, 5.74) is 4.87. The van der Waals surface area contributed by atoms with Crippen molar-refractivity contribution in [3.63, 3.8) is 0 Å². The van der Waals surface area contributed by atoms with E-state index in [1.807, 2.05) is 0 Å². The second kappa shape index (κ2) is 3.12. The Bertz CT molecular complexity index is 172. The van der Waals surface area contributed by atoms with E-state index in [1.54, 1.807) is 0 Å². The number of carbonyl (C=O) groups excluding carboxylic acids is 1. The lowest BCUT2D eigenvalue weighted by Gasteiger charge is -2.28. The molecule has 2 N–H and O–H groups in total. The minimum Gasteiger partial charge on any atom is -0.780 e. The van der Waals surface area contributed by atoms with Crippen molar-refractivity contribution < 1.29 is 23.7 Å². The summed E-state index contributed by atoms with van der Waals surface area (Å²) in [4.78, 5) is 29.7. The van der Waals surface area contributed by atoms with E-state index in [1.165, 1.54) is 6.92 Å². The number of carbonyl (C=O) groups is 1. The van der Waals surface area contributed by atoms with E-state index in [2.05, 4.69) is 4.52 Å². The van der Waals surface area contributed by atoms with Gasteiger partial charge in [-0.05, 0) is 6.92 Å². The van der Waals surface area contributed by atoms with Gasteiger partial charge in [0.2, 0.25) is 0 Å². The van der Waals surface area contributed by atoms with E-state index in [-0.39, 0.29) is 0 Å². The van der Waals surface area contributed by atoms with Gasteiger partial charge in [-0.3, -0.25) is 4.79 Å². The van der Waals surface area contributed by atoms with Gasteiger partial charge >= 0.3 is 5.97 Å². The third kappa shape index (κ3) is 4.46. The Balaban J connectivity index is 3.94. The van der Waals surface area contributed by atoms with Crippen LogP contribution in [0.5, 0.6) is 0 Å². The molecule has 0 aliphatic rings. The third-order valence-electron chi connectivity index (χ3n) is 0.574. The molecule has 60 valence electrons. The second-order valence-electron chi connectivity index (χ2n) is 1.65. The topological polar surface area (TPSA) is 116 Å². The molecular formula is C3H6NO5P-2. The first kappa shape index (κ1) is 9.58. The van der Waals surface area contributed by atoms with E-state index in [0.717, 1.165) is 0 Å². The number of nitrogens with two attached hydrogens (primary N) is 1. The molecule has 1 unspecified atom stereocenters. The van der Waals surface area contributed by atoms with Crippen LogP contribution in [0.1, 0.15) is 6.92 Å². The molecule has 0 bridgehead atoms. The molecule has 0 amide bonds. The fraction of sp³-hybridized carbons (Fsp3) is 0.667. The van der Waals surface area contributed by atoms with Crippen molar-refractivity contribution in [2.75, 3.05) is 0 Å². The van der Waals surface area contributed by atoms with Gasteiger partial charge in [-0.25, -0.2) is 0 Å². The van der Waals surface area contributed by atoms with Gasteiger partial charge in [0, 0.05) is 0 Å². The van der Waals surface area contributed by atoms with Gasteiger partial charge in [-0.2, -0.15) is 0 Å². The van der Waals surface area contributed by atoms with Crippen LogP contribution in [-0.4, -0.2) is 12.0 Å². The van der Waals surface area contributed by atoms with Crippen molar-refractivity contribution in [2.45, 2.75) is 13.0 Å². The molecule has 0 aromatic rings. The van der Waals surface area contributed by atoms with Crippen LogP contribution in [0.4, 0.5) is 0 Å². The highest BCUT2D eigenvalue weighted by Gasteiger charge is 2.09. The summed E-state index contributed by atoms with van der Waals surface area (Å²) in [5.74, 6) is -1.24. The van der Waals surface area contributed by atoms with Gasteiger partial charge in [0.25, 0.3) is 0 Å². The first-order chi connectivity index (χ1) is 4.33. The molecule has 0 aromatic carbocycles. The Labute approximate surface area is 57.2 Å². The highest BCUT2D eigenvalue weighted by Crippen LogP contribution is 2.24. The Morgan fingerprint density at radius 1 is 1.70 bits per heavy atom. The molecule has 0 saturated carbocycles. The lowest BCUT2D eigenvalue weighted by atomic mass is 10.4. The van der Waals surface area contributed by atoms with E-state index in [0.29, 0.717) is 0 Å². The highest BCUT2D eigenvalue weighted by molar-refractivity contribution is 7.43.